The van der Waals surface area contributed by atoms with E-state index in [9.17, 15) is 24.4 Å². The van der Waals surface area contributed by atoms with E-state index in [1.54, 1.807) is 29.7 Å². The van der Waals surface area contributed by atoms with E-state index in [0.29, 0.717) is 43.0 Å². The molecule has 0 radical (unpaired) electrons. The maximum Gasteiger partial charge on any atom is 0.261 e. The van der Waals surface area contributed by atoms with Crippen LogP contribution < -0.4 is 5.48 Å². The normalized spacial score (nSPS) is 23.8. The van der Waals surface area contributed by atoms with Gasteiger partial charge in [-0.25, -0.2) is 5.48 Å². The minimum absolute atomic E-state index is 0.00374. The summed E-state index contributed by atoms with van der Waals surface area (Å²) in [6.45, 7) is 7.36. The van der Waals surface area contributed by atoms with Crippen LogP contribution in [0.4, 0.5) is 0 Å². The highest BCUT2D eigenvalue weighted by atomic mass is 16.5. The van der Waals surface area contributed by atoms with Crippen molar-refractivity contribution in [2.24, 2.45) is 23.2 Å². The standard InChI is InChI=1S/C30H39N3O5/c1-20(2)19-30(14-17-32(29(30)37)15-7-10-22-9-6-8-21(3)18-22)25(26(34)31-38)13-16-33-27(35)23-11-4-5-12-24(23)28(33)36/h4-6,9,11-12,18,20-21,25,38H,7-8,10,13-17,19H2,1-3H3,(H,31,34)/t21?,25-,30+/m0/s1. The molecule has 1 fully saturated rings. The van der Waals surface area contributed by atoms with Crippen LogP contribution in [0, 0.1) is 23.2 Å². The maximum atomic E-state index is 14.0. The van der Waals surface area contributed by atoms with Crippen LogP contribution in [0.25, 0.3) is 0 Å². The summed E-state index contributed by atoms with van der Waals surface area (Å²) in [4.78, 5) is 55.8. The zero-order chi connectivity index (χ0) is 27.4. The number of likely N-dealkylation sites (tertiary alicyclic amines) is 1. The number of hydrogen-bond acceptors (Lipinski definition) is 5. The van der Waals surface area contributed by atoms with E-state index in [4.69, 9.17) is 0 Å². The van der Waals surface area contributed by atoms with Crippen molar-refractivity contribution in [3.8, 4) is 0 Å². The number of carbonyl (C=O) groups excluding carboxylic acids is 4. The molecule has 3 aliphatic rings. The second-order valence-electron chi connectivity index (χ2n) is 11.4. The number of nitrogens with one attached hydrogen (secondary N) is 1. The average molecular weight is 522 g/mol. The molecule has 1 aliphatic carbocycles. The lowest BCUT2D eigenvalue weighted by molar-refractivity contribution is -0.150. The fourth-order valence-electron chi connectivity index (χ4n) is 6.46. The molecule has 3 atom stereocenters. The van der Waals surface area contributed by atoms with Crippen molar-refractivity contribution in [1.82, 2.24) is 15.3 Å². The van der Waals surface area contributed by atoms with Gasteiger partial charge in [-0.1, -0.05) is 56.7 Å². The predicted molar refractivity (Wildman–Crippen MR) is 143 cm³/mol. The third-order valence-electron chi connectivity index (χ3n) is 8.16. The highest BCUT2D eigenvalue weighted by Gasteiger charge is 2.54. The van der Waals surface area contributed by atoms with Gasteiger partial charge in [0.2, 0.25) is 11.8 Å². The molecule has 0 aromatic heterocycles. The fraction of sp³-hybridized carbons (Fsp3) is 0.533. The van der Waals surface area contributed by atoms with E-state index in [-0.39, 0.29) is 24.8 Å². The van der Waals surface area contributed by atoms with Gasteiger partial charge in [0.05, 0.1) is 22.5 Å². The number of allylic oxidation sites excluding steroid dienone is 4. The summed E-state index contributed by atoms with van der Waals surface area (Å²) in [5.74, 6) is -1.74. The molecule has 8 heteroatoms. The second kappa shape index (κ2) is 11.6. The lowest BCUT2D eigenvalue weighted by Crippen LogP contribution is -2.48. The topological polar surface area (TPSA) is 107 Å². The summed E-state index contributed by atoms with van der Waals surface area (Å²) < 4.78 is 0. The first kappa shape index (κ1) is 27.8. The first-order chi connectivity index (χ1) is 18.2. The van der Waals surface area contributed by atoms with E-state index in [1.807, 2.05) is 18.7 Å². The number of amides is 4. The van der Waals surface area contributed by atoms with E-state index < -0.39 is 29.1 Å². The number of hydrogen-bond donors (Lipinski definition) is 2. The molecule has 8 nitrogen and oxygen atoms in total. The molecule has 38 heavy (non-hydrogen) atoms. The molecule has 4 rings (SSSR count). The smallest absolute Gasteiger partial charge is 0.261 e. The monoisotopic (exact) mass is 521 g/mol. The van der Waals surface area contributed by atoms with Gasteiger partial charge in [-0.05, 0) is 62.5 Å². The number of carbonyl (C=O) groups is 4. The van der Waals surface area contributed by atoms with E-state index >= 15 is 0 Å². The van der Waals surface area contributed by atoms with Gasteiger partial charge in [0.15, 0.2) is 0 Å². The molecule has 1 saturated heterocycles. The minimum Gasteiger partial charge on any atom is -0.342 e. The summed E-state index contributed by atoms with van der Waals surface area (Å²) in [6, 6.07) is 6.65. The van der Waals surface area contributed by atoms with Crippen LogP contribution in [-0.4, -0.2) is 58.3 Å². The molecule has 0 bridgehead atoms. The Labute approximate surface area is 224 Å². The van der Waals surface area contributed by atoms with Crippen LogP contribution in [0.15, 0.2) is 48.1 Å². The molecule has 1 aromatic rings. The maximum absolute atomic E-state index is 14.0. The molecule has 204 valence electrons. The zero-order valence-corrected chi connectivity index (χ0v) is 22.6. The van der Waals surface area contributed by atoms with Gasteiger partial charge in [-0.15, -0.1) is 0 Å². The van der Waals surface area contributed by atoms with Crippen molar-refractivity contribution >= 4 is 23.6 Å². The largest absolute Gasteiger partial charge is 0.342 e. The van der Waals surface area contributed by atoms with Gasteiger partial charge in [0.25, 0.3) is 11.8 Å². The summed E-state index contributed by atoms with van der Waals surface area (Å²) in [5, 5.41) is 9.63. The van der Waals surface area contributed by atoms with Crippen LogP contribution in [0.2, 0.25) is 0 Å². The molecule has 4 amide bonds. The zero-order valence-electron chi connectivity index (χ0n) is 22.6. The Hall–Kier alpha value is -3.26. The Kier molecular flexibility index (Phi) is 8.51. The molecule has 0 saturated carbocycles. The van der Waals surface area contributed by atoms with Crippen LogP contribution >= 0.6 is 0 Å². The predicted octanol–water partition coefficient (Wildman–Crippen LogP) is 4.36. The van der Waals surface area contributed by atoms with Crippen molar-refractivity contribution in [3.05, 3.63) is 59.2 Å². The number of fused-ring (bicyclic) bond motifs is 1. The molecule has 2 N–H and O–H groups in total. The molecule has 1 unspecified atom stereocenters. The summed E-state index contributed by atoms with van der Waals surface area (Å²) in [5.41, 5.74) is 2.75. The highest BCUT2D eigenvalue weighted by molar-refractivity contribution is 6.21. The van der Waals surface area contributed by atoms with Crippen LogP contribution in [0.3, 0.4) is 0 Å². The van der Waals surface area contributed by atoms with Crippen molar-refractivity contribution < 1.29 is 24.4 Å². The molecule has 2 aliphatic heterocycles. The second-order valence-corrected chi connectivity index (χ2v) is 11.4. The Morgan fingerprint density at radius 3 is 2.42 bits per heavy atom. The van der Waals surface area contributed by atoms with Gasteiger partial charge in [-0.3, -0.25) is 29.3 Å². The first-order valence-electron chi connectivity index (χ1n) is 13.7. The molecule has 2 heterocycles. The van der Waals surface area contributed by atoms with Crippen LogP contribution in [0.5, 0.6) is 0 Å². The van der Waals surface area contributed by atoms with E-state index in [2.05, 4.69) is 25.2 Å². The average Bonchev–Trinajstić information content (AvgIpc) is 3.33. The van der Waals surface area contributed by atoms with Crippen LogP contribution in [0.1, 0.15) is 80.0 Å². The molecule has 1 aromatic carbocycles. The minimum atomic E-state index is -1.00. The summed E-state index contributed by atoms with van der Waals surface area (Å²) in [7, 11) is 0. The Morgan fingerprint density at radius 1 is 1.13 bits per heavy atom. The fourth-order valence-corrected chi connectivity index (χ4v) is 6.46. The number of rotatable bonds is 11. The van der Waals surface area contributed by atoms with Gasteiger partial charge >= 0.3 is 0 Å². The molecule has 0 spiro atoms. The summed E-state index contributed by atoms with van der Waals surface area (Å²) in [6.07, 6.45) is 10.5. The van der Waals surface area contributed by atoms with Gasteiger partial charge in [-0.2, -0.15) is 0 Å². The van der Waals surface area contributed by atoms with Crippen molar-refractivity contribution in [1.29, 1.82) is 0 Å². The Bertz CT molecular complexity index is 1120. The van der Waals surface area contributed by atoms with Crippen LogP contribution in [-0.2, 0) is 9.59 Å². The van der Waals surface area contributed by atoms with Crippen molar-refractivity contribution in [3.63, 3.8) is 0 Å². The van der Waals surface area contributed by atoms with Gasteiger partial charge in [0, 0.05) is 19.6 Å². The third-order valence-corrected chi connectivity index (χ3v) is 8.16. The number of nitrogens with zero attached hydrogens (tertiary/aromatic N) is 2. The Morgan fingerprint density at radius 2 is 1.82 bits per heavy atom. The van der Waals surface area contributed by atoms with Crippen molar-refractivity contribution in [2.75, 3.05) is 19.6 Å². The molecular weight excluding hydrogens is 482 g/mol. The Balaban J connectivity index is 1.49. The summed E-state index contributed by atoms with van der Waals surface area (Å²) >= 11 is 0. The lowest BCUT2D eigenvalue weighted by Gasteiger charge is -2.36. The quantitative estimate of drug-likeness (QED) is 0.256. The van der Waals surface area contributed by atoms with Gasteiger partial charge in [0.1, 0.15) is 0 Å². The van der Waals surface area contributed by atoms with Crippen molar-refractivity contribution in [2.45, 2.75) is 59.3 Å². The van der Waals surface area contributed by atoms with Gasteiger partial charge < -0.3 is 4.90 Å². The first-order valence-corrected chi connectivity index (χ1v) is 13.7. The van der Waals surface area contributed by atoms with E-state index in [1.165, 1.54) is 5.57 Å². The highest BCUT2D eigenvalue weighted by Crippen LogP contribution is 2.46. The number of benzene rings is 1. The van der Waals surface area contributed by atoms with E-state index in [0.717, 1.165) is 24.2 Å². The SMILES string of the molecule is CC(C)C[C@@]1([C@@H](CCN2C(=O)c3ccccc3C2=O)C(=O)NO)CCN(CCCC2=CC(C)CC=C2)C1=O. The number of hydroxylamine groups is 1. The number of imide groups is 1. The third kappa shape index (κ3) is 5.46. The molecular formula is C30H39N3O5. The lowest BCUT2D eigenvalue weighted by atomic mass is 9.67.